The lowest BCUT2D eigenvalue weighted by molar-refractivity contribution is 0.0957. The number of nitrogens with zero attached hydrogens (tertiary/aromatic N) is 2. The van der Waals surface area contributed by atoms with Crippen LogP contribution in [0.5, 0.6) is 0 Å². The van der Waals surface area contributed by atoms with E-state index in [1.54, 1.807) is 18.6 Å². The minimum Gasteiger partial charge on any atom is -0.351 e. The van der Waals surface area contributed by atoms with E-state index >= 15 is 0 Å². The molecular formula is C12H14N4OS. The van der Waals surface area contributed by atoms with Crippen LogP contribution in [0.25, 0.3) is 0 Å². The molecule has 0 aliphatic carbocycles. The summed E-state index contributed by atoms with van der Waals surface area (Å²) < 4.78 is 0. The summed E-state index contributed by atoms with van der Waals surface area (Å²) in [7, 11) is 0. The summed E-state index contributed by atoms with van der Waals surface area (Å²) in [6.07, 6.45) is 5.90. The van der Waals surface area contributed by atoms with Gasteiger partial charge in [0.2, 0.25) is 0 Å². The first-order chi connectivity index (χ1) is 8.79. The van der Waals surface area contributed by atoms with Gasteiger partial charge in [0.1, 0.15) is 4.88 Å². The molecule has 2 aromatic rings. The Kier molecular flexibility index (Phi) is 4.25. The number of anilines is 2. The highest BCUT2D eigenvalue weighted by Gasteiger charge is 2.09. The van der Waals surface area contributed by atoms with Crippen molar-refractivity contribution in [2.24, 2.45) is 0 Å². The standard InChI is InChI=1S/C12H14N4OS/c1-2-5-14-11(17)10-8-15-12(18-10)16-9-3-6-13-7-4-9/h3-4,6-8H,2,5H2,1H3,(H,14,17)(H,13,15,16). The number of pyridine rings is 1. The normalized spacial score (nSPS) is 10.1. The molecule has 1 amide bonds. The number of aromatic nitrogens is 2. The van der Waals surface area contributed by atoms with Crippen LogP contribution in [-0.4, -0.2) is 22.4 Å². The van der Waals surface area contributed by atoms with Crippen molar-refractivity contribution >= 4 is 28.1 Å². The molecular weight excluding hydrogens is 248 g/mol. The molecule has 6 heteroatoms. The summed E-state index contributed by atoms with van der Waals surface area (Å²) in [5, 5.41) is 6.64. The van der Waals surface area contributed by atoms with Crippen molar-refractivity contribution in [1.29, 1.82) is 0 Å². The third-order valence-corrected chi connectivity index (χ3v) is 3.11. The minimum atomic E-state index is -0.0721. The van der Waals surface area contributed by atoms with Gasteiger partial charge >= 0.3 is 0 Å². The fraction of sp³-hybridized carbons (Fsp3) is 0.250. The van der Waals surface area contributed by atoms with Crippen LogP contribution in [0.3, 0.4) is 0 Å². The number of hydrogen-bond donors (Lipinski definition) is 2. The van der Waals surface area contributed by atoms with Crippen molar-refractivity contribution in [3.8, 4) is 0 Å². The van der Waals surface area contributed by atoms with E-state index in [2.05, 4.69) is 20.6 Å². The van der Waals surface area contributed by atoms with Crippen LogP contribution >= 0.6 is 11.3 Å². The lowest BCUT2D eigenvalue weighted by Crippen LogP contribution is -2.22. The Bertz CT molecular complexity index is 512. The molecule has 0 bridgehead atoms. The fourth-order valence-corrected chi connectivity index (χ4v) is 2.07. The Balaban J connectivity index is 2.00. The number of carbonyl (C=O) groups is 1. The molecule has 2 N–H and O–H groups in total. The average molecular weight is 262 g/mol. The molecule has 0 aromatic carbocycles. The van der Waals surface area contributed by atoms with Crippen molar-refractivity contribution in [1.82, 2.24) is 15.3 Å². The Morgan fingerprint density at radius 1 is 1.39 bits per heavy atom. The number of thiazole rings is 1. The van der Waals surface area contributed by atoms with E-state index in [1.807, 2.05) is 19.1 Å². The van der Waals surface area contributed by atoms with E-state index in [-0.39, 0.29) is 5.91 Å². The number of carbonyl (C=O) groups excluding carboxylic acids is 1. The van der Waals surface area contributed by atoms with Crippen LogP contribution in [0, 0.1) is 0 Å². The van der Waals surface area contributed by atoms with Gasteiger partial charge in [0.25, 0.3) is 5.91 Å². The SMILES string of the molecule is CCCNC(=O)c1cnc(Nc2ccncc2)s1. The summed E-state index contributed by atoms with van der Waals surface area (Å²) in [4.78, 5) is 20.4. The van der Waals surface area contributed by atoms with Crippen molar-refractivity contribution in [2.45, 2.75) is 13.3 Å². The van der Waals surface area contributed by atoms with Crippen LogP contribution in [0.1, 0.15) is 23.0 Å². The summed E-state index contributed by atoms with van der Waals surface area (Å²) >= 11 is 1.33. The lowest BCUT2D eigenvalue weighted by atomic mass is 10.4. The van der Waals surface area contributed by atoms with E-state index in [1.165, 1.54) is 11.3 Å². The molecule has 5 nitrogen and oxygen atoms in total. The number of rotatable bonds is 5. The number of amides is 1. The molecule has 2 aromatic heterocycles. The Labute approximate surface area is 109 Å². The van der Waals surface area contributed by atoms with Crippen LogP contribution in [0.2, 0.25) is 0 Å². The van der Waals surface area contributed by atoms with E-state index in [4.69, 9.17) is 0 Å². The molecule has 94 valence electrons. The van der Waals surface area contributed by atoms with Crippen molar-refractivity contribution in [3.05, 3.63) is 35.6 Å². The van der Waals surface area contributed by atoms with Gasteiger partial charge in [-0.1, -0.05) is 18.3 Å². The lowest BCUT2D eigenvalue weighted by Gasteiger charge is -2.00. The highest BCUT2D eigenvalue weighted by atomic mass is 32.1. The molecule has 0 saturated heterocycles. The van der Waals surface area contributed by atoms with Gasteiger partial charge < -0.3 is 10.6 Å². The summed E-state index contributed by atoms with van der Waals surface area (Å²) in [5.41, 5.74) is 0.903. The molecule has 0 atom stereocenters. The summed E-state index contributed by atoms with van der Waals surface area (Å²) in [5.74, 6) is -0.0721. The Hall–Kier alpha value is -1.95. The zero-order chi connectivity index (χ0) is 12.8. The largest absolute Gasteiger partial charge is 0.351 e. The highest BCUT2D eigenvalue weighted by molar-refractivity contribution is 7.17. The molecule has 0 saturated carbocycles. The third-order valence-electron chi connectivity index (χ3n) is 2.20. The highest BCUT2D eigenvalue weighted by Crippen LogP contribution is 2.21. The molecule has 0 radical (unpaired) electrons. The summed E-state index contributed by atoms with van der Waals surface area (Å²) in [6, 6.07) is 3.69. The predicted octanol–water partition coefficient (Wildman–Crippen LogP) is 2.42. The van der Waals surface area contributed by atoms with Gasteiger partial charge in [-0.15, -0.1) is 0 Å². The zero-order valence-electron chi connectivity index (χ0n) is 10.0. The van der Waals surface area contributed by atoms with Gasteiger partial charge in [-0.05, 0) is 18.6 Å². The maximum absolute atomic E-state index is 11.7. The maximum Gasteiger partial charge on any atom is 0.263 e. The minimum absolute atomic E-state index is 0.0721. The Morgan fingerprint density at radius 2 is 2.17 bits per heavy atom. The molecule has 0 fully saturated rings. The van der Waals surface area contributed by atoms with Crippen molar-refractivity contribution < 1.29 is 4.79 Å². The van der Waals surface area contributed by atoms with Crippen molar-refractivity contribution in [3.63, 3.8) is 0 Å². The van der Waals surface area contributed by atoms with Gasteiger partial charge in [-0.2, -0.15) is 0 Å². The van der Waals surface area contributed by atoms with Crippen LogP contribution in [0.15, 0.2) is 30.7 Å². The molecule has 0 spiro atoms. The van der Waals surface area contributed by atoms with E-state index < -0.39 is 0 Å². The fourth-order valence-electron chi connectivity index (χ4n) is 1.32. The molecule has 0 unspecified atom stereocenters. The summed E-state index contributed by atoms with van der Waals surface area (Å²) in [6.45, 7) is 2.70. The van der Waals surface area contributed by atoms with Crippen molar-refractivity contribution in [2.75, 3.05) is 11.9 Å². The maximum atomic E-state index is 11.7. The molecule has 0 aliphatic rings. The molecule has 0 aliphatic heterocycles. The predicted molar refractivity (Wildman–Crippen MR) is 72.3 cm³/mol. The van der Waals surface area contributed by atoms with Crippen LogP contribution < -0.4 is 10.6 Å². The Morgan fingerprint density at radius 3 is 2.89 bits per heavy atom. The smallest absolute Gasteiger partial charge is 0.263 e. The van der Waals surface area contributed by atoms with E-state index in [0.717, 1.165) is 12.1 Å². The molecule has 2 heterocycles. The number of hydrogen-bond acceptors (Lipinski definition) is 5. The first-order valence-electron chi connectivity index (χ1n) is 5.70. The first kappa shape index (κ1) is 12.5. The van der Waals surface area contributed by atoms with Gasteiger partial charge in [0, 0.05) is 24.6 Å². The van der Waals surface area contributed by atoms with Gasteiger partial charge in [0.05, 0.1) is 6.20 Å². The monoisotopic (exact) mass is 262 g/mol. The van der Waals surface area contributed by atoms with Gasteiger partial charge in [0.15, 0.2) is 5.13 Å². The quantitative estimate of drug-likeness (QED) is 0.868. The zero-order valence-corrected chi connectivity index (χ0v) is 10.8. The first-order valence-corrected chi connectivity index (χ1v) is 6.52. The van der Waals surface area contributed by atoms with Crippen LogP contribution in [0.4, 0.5) is 10.8 Å². The second-order valence-corrected chi connectivity index (χ2v) is 4.68. The van der Waals surface area contributed by atoms with E-state index in [9.17, 15) is 4.79 Å². The number of nitrogens with one attached hydrogen (secondary N) is 2. The topological polar surface area (TPSA) is 66.9 Å². The van der Waals surface area contributed by atoms with Gasteiger partial charge in [-0.25, -0.2) is 4.98 Å². The second-order valence-electron chi connectivity index (χ2n) is 3.65. The molecule has 2 rings (SSSR count). The van der Waals surface area contributed by atoms with Gasteiger partial charge in [-0.3, -0.25) is 9.78 Å². The average Bonchev–Trinajstić information content (AvgIpc) is 2.86. The van der Waals surface area contributed by atoms with Crippen LogP contribution in [-0.2, 0) is 0 Å². The van der Waals surface area contributed by atoms with E-state index in [0.29, 0.717) is 16.6 Å². The molecule has 18 heavy (non-hydrogen) atoms. The third kappa shape index (κ3) is 3.27. The second kappa shape index (κ2) is 6.11.